The van der Waals surface area contributed by atoms with E-state index in [9.17, 15) is 0 Å². The molecule has 0 aromatic carbocycles. The van der Waals surface area contributed by atoms with Gasteiger partial charge < -0.3 is 19.5 Å². The van der Waals surface area contributed by atoms with Crippen molar-refractivity contribution in [2.45, 2.75) is 0 Å². The molecule has 0 aliphatic carbocycles. The molecule has 0 saturated heterocycles. The van der Waals surface area contributed by atoms with Crippen molar-refractivity contribution in [2.75, 3.05) is 0 Å². The Kier molecular flexibility index (Phi) is 24.5. The van der Waals surface area contributed by atoms with Gasteiger partial charge >= 0.3 is 37.7 Å². The van der Waals surface area contributed by atoms with Gasteiger partial charge in [0, 0.05) is 9.17 Å². The number of rotatable bonds is 0. The maximum Gasteiger partial charge on any atom is 2.00 e. The molecule has 6 heavy (non-hydrogen) atoms. The van der Waals surface area contributed by atoms with Gasteiger partial charge in [0.25, 0.3) is 0 Å². The van der Waals surface area contributed by atoms with Gasteiger partial charge in [-0.1, -0.05) is 0 Å². The average molecular weight is 134 g/mol. The van der Waals surface area contributed by atoms with Crippen LogP contribution in [0.25, 0.3) is 0 Å². The number of hydrogen-bond acceptors (Lipinski definition) is 3. The third kappa shape index (κ3) is 102. The van der Waals surface area contributed by atoms with Crippen LogP contribution in [0, 0.1) is 0 Å². The van der Waals surface area contributed by atoms with E-state index in [0.717, 1.165) is 0 Å². The van der Waals surface area contributed by atoms with Gasteiger partial charge in [-0.25, -0.2) is 0 Å². The van der Waals surface area contributed by atoms with Crippen LogP contribution in [0.4, 0.5) is 0 Å². The fourth-order valence-electron chi connectivity index (χ4n) is 0. The molecule has 0 rings (SSSR count). The van der Waals surface area contributed by atoms with E-state index in [-0.39, 0.29) is 43.2 Å². The van der Waals surface area contributed by atoms with Crippen LogP contribution in [-0.4, -0.2) is 52.4 Å². The summed E-state index contributed by atoms with van der Waals surface area (Å²) in [6, 6.07) is 0. The molecular weight excluding hydrogens is 132 g/mol. The Bertz CT molecular complexity index is 30.5. The summed E-state index contributed by atoms with van der Waals surface area (Å²) in [5.41, 5.74) is 0. The summed E-state index contributed by atoms with van der Waals surface area (Å²) in [4.78, 5) is 17.0. The molecule has 4 nitrogen and oxygen atoms in total. The zero-order chi connectivity index (χ0) is 3.58. The van der Waals surface area contributed by atoms with Crippen LogP contribution in [0.3, 0.4) is 0 Å². The predicted octanol–water partition coefficient (Wildman–Crippen LogP) is -4.08. The van der Waals surface area contributed by atoms with Crippen molar-refractivity contribution in [1.29, 1.82) is 0 Å². The fraction of sp³-hybridized carbons (Fsp3) is 0. The van der Waals surface area contributed by atoms with Gasteiger partial charge in [-0.05, 0) is 0 Å². The Balaban J connectivity index is -0.0000000450. The van der Waals surface area contributed by atoms with Gasteiger partial charge in [-0.2, -0.15) is 0 Å². The molecule has 0 heterocycles. The summed E-state index contributed by atoms with van der Waals surface area (Å²) in [6.07, 6.45) is 0. The maximum absolute atomic E-state index is 8.52. The van der Waals surface area contributed by atoms with Gasteiger partial charge in [0.2, 0.25) is 0 Å². The molecule has 6 heteroatoms. The zero-order valence-corrected chi connectivity index (χ0v) is 6.14. The topological polar surface area (TPSA) is 94.7 Å². The van der Waals surface area contributed by atoms with Crippen LogP contribution in [0.1, 0.15) is 0 Å². The van der Waals surface area contributed by atoms with Crippen LogP contribution < -0.4 is 9.59 Å². The molecule has 0 aliphatic rings. The van der Waals surface area contributed by atoms with Gasteiger partial charge in [-0.15, -0.1) is 0 Å². The van der Waals surface area contributed by atoms with E-state index in [1.807, 2.05) is 0 Å². The van der Waals surface area contributed by atoms with Crippen molar-refractivity contribution >= 4 is 46.9 Å². The Morgan fingerprint density at radius 2 is 1.33 bits per heavy atom. The van der Waals surface area contributed by atoms with Crippen molar-refractivity contribution < 1.29 is 19.5 Å². The second kappa shape index (κ2) is 9.28. The molecule has 0 bridgehead atoms. The van der Waals surface area contributed by atoms with E-state index < -0.39 is 9.17 Å². The summed E-state index contributed by atoms with van der Waals surface area (Å²) in [5, 5.41) is 0. The van der Waals surface area contributed by atoms with E-state index in [1.54, 1.807) is 0 Å². The standard InChI is InChI=1S/Ca.O3Si.H2O/c;1-4(2)3;/h;;1H2/q+2;-2;. The molecule has 0 saturated carbocycles. The second-order valence-electron chi connectivity index (χ2n) is 0.250. The molecule has 0 spiro atoms. The Hall–Kier alpha value is 0.837. The second-order valence-corrected chi connectivity index (χ2v) is 0.750. The minimum Gasteiger partial charge on any atom is -0.672 e. The molecule has 0 radical (unpaired) electrons. The Morgan fingerprint density at radius 1 is 1.33 bits per heavy atom. The van der Waals surface area contributed by atoms with Crippen molar-refractivity contribution in [3.8, 4) is 0 Å². The summed E-state index contributed by atoms with van der Waals surface area (Å²) in [6.45, 7) is 0. The van der Waals surface area contributed by atoms with Crippen LogP contribution >= 0.6 is 0 Å². The van der Waals surface area contributed by atoms with Crippen LogP contribution in [0.5, 0.6) is 0 Å². The van der Waals surface area contributed by atoms with E-state index in [2.05, 4.69) is 0 Å². The fourth-order valence-corrected chi connectivity index (χ4v) is 0. The SMILES string of the molecule is O.O=[Si]([O-])[O-].[Ca+2]. The summed E-state index contributed by atoms with van der Waals surface area (Å²) in [7, 11) is -3.63. The summed E-state index contributed by atoms with van der Waals surface area (Å²) >= 11 is 0. The van der Waals surface area contributed by atoms with Crippen LogP contribution in [0.15, 0.2) is 0 Å². The van der Waals surface area contributed by atoms with Gasteiger partial charge in [0.15, 0.2) is 0 Å². The Labute approximate surface area is 66.0 Å². The van der Waals surface area contributed by atoms with E-state index >= 15 is 0 Å². The Morgan fingerprint density at radius 3 is 1.33 bits per heavy atom. The molecule has 0 aliphatic heterocycles. The minimum absolute atomic E-state index is 0. The molecule has 0 atom stereocenters. The monoisotopic (exact) mass is 134 g/mol. The minimum atomic E-state index is -3.63. The summed E-state index contributed by atoms with van der Waals surface area (Å²) in [5.74, 6) is 0. The third-order valence-electron chi connectivity index (χ3n) is 0. The van der Waals surface area contributed by atoms with Crippen molar-refractivity contribution in [3.05, 3.63) is 0 Å². The quantitative estimate of drug-likeness (QED) is 0.315. The number of hydrogen-bond donors (Lipinski definition) is 0. The summed E-state index contributed by atoms with van der Waals surface area (Å²) < 4.78 is 8.52. The van der Waals surface area contributed by atoms with E-state index in [4.69, 9.17) is 14.1 Å². The zero-order valence-electron chi connectivity index (χ0n) is 2.93. The van der Waals surface area contributed by atoms with Crippen molar-refractivity contribution in [3.63, 3.8) is 0 Å². The molecule has 0 unspecified atom stereocenters. The molecule has 0 amide bonds. The first kappa shape index (κ1) is 15.8. The first-order chi connectivity index (χ1) is 1.73. The largest absolute Gasteiger partial charge is 2.00 e. The van der Waals surface area contributed by atoms with E-state index in [1.165, 1.54) is 0 Å². The molecule has 0 aromatic heterocycles. The first-order valence-corrected chi connectivity index (χ1v) is 1.84. The smallest absolute Gasteiger partial charge is 0.672 e. The van der Waals surface area contributed by atoms with E-state index in [0.29, 0.717) is 0 Å². The van der Waals surface area contributed by atoms with Gasteiger partial charge in [0.05, 0.1) is 0 Å². The third-order valence-corrected chi connectivity index (χ3v) is 0. The average Bonchev–Trinajstić information content (AvgIpc) is 0.811. The predicted molar refractivity (Wildman–Crippen MR) is 15.8 cm³/mol. The molecule has 0 aromatic rings. The van der Waals surface area contributed by atoms with Crippen molar-refractivity contribution in [1.82, 2.24) is 0 Å². The maximum atomic E-state index is 8.52. The van der Waals surface area contributed by atoms with Gasteiger partial charge in [0.1, 0.15) is 0 Å². The van der Waals surface area contributed by atoms with Crippen LogP contribution in [-0.2, 0) is 4.46 Å². The molecule has 32 valence electrons. The molecular formula is H2CaO4Si. The first-order valence-electron chi connectivity index (χ1n) is 0.612. The van der Waals surface area contributed by atoms with Gasteiger partial charge in [-0.3, -0.25) is 0 Å². The normalized spacial score (nSPS) is 4.00. The molecule has 0 fully saturated rings. The molecule has 2 N–H and O–H groups in total. The van der Waals surface area contributed by atoms with Crippen LogP contribution in [0.2, 0.25) is 0 Å². The van der Waals surface area contributed by atoms with Crippen molar-refractivity contribution in [2.24, 2.45) is 0 Å².